The third-order valence-electron chi connectivity index (χ3n) is 4.04. The van der Waals surface area contributed by atoms with Crippen LogP contribution in [0.5, 0.6) is 11.5 Å². The first-order chi connectivity index (χ1) is 13.6. The van der Waals surface area contributed by atoms with Gasteiger partial charge in [0.1, 0.15) is 13.2 Å². The third kappa shape index (κ3) is 3.81. The molecule has 1 aliphatic rings. The van der Waals surface area contributed by atoms with Gasteiger partial charge in [-0.15, -0.1) is 11.3 Å². The minimum atomic E-state index is -0.402. The molecule has 3 aromatic rings. The molecular formula is C20H15ClN2O4S. The number of hydrogen-bond acceptors (Lipinski definition) is 5. The number of benzene rings is 2. The lowest BCUT2D eigenvalue weighted by atomic mass is 10.1. The highest BCUT2D eigenvalue weighted by Gasteiger charge is 2.19. The van der Waals surface area contributed by atoms with Gasteiger partial charge >= 0.3 is 0 Å². The molecule has 2 aromatic carbocycles. The van der Waals surface area contributed by atoms with Crippen LogP contribution in [-0.4, -0.2) is 25.0 Å². The Kier molecular flexibility index (Phi) is 5.18. The lowest BCUT2D eigenvalue weighted by Crippen LogP contribution is -2.19. The Hall–Kier alpha value is -3.03. The summed E-state index contributed by atoms with van der Waals surface area (Å²) in [5, 5.41) is 7.70. The van der Waals surface area contributed by atoms with E-state index in [1.807, 2.05) is 5.38 Å². The summed E-state index contributed by atoms with van der Waals surface area (Å²) < 4.78 is 11.0. The average molecular weight is 415 g/mol. The van der Waals surface area contributed by atoms with Gasteiger partial charge in [-0.25, -0.2) is 0 Å². The van der Waals surface area contributed by atoms with Crippen LogP contribution in [-0.2, 0) is 0 Å². The summed E-state index contributed by atoms with van der Waals surface area (Å²) in [7, 11) is 0. The second-order valence-corrected chi connectivity index (χ2v) is 7.26. The molecule has 28 heavy (non-hydrogen) atoms. The summed E-state index contributed by atoms with van der Waals surface area (Å²) >= 11 is 7.59. The molecule has 0 atom stereocenters. The molecule has 0 unspecified atom stereocenters. The maximum Gasteiger partial charge on any atom is 0.265 e. The van der Waals surface area contributed by atoms with Crippen LogP contribution in [0.2, 0.25) is 5.02 Å². The standard InChI is InChI=1S/C20H15ClN2O4S/c21-13-10-16-17(27-8-7-26-16)11-15(13)23-19(24)12-4-1-2-5-14(12)22-20(25)18-6-3-9-28-18/h1-6,9-11H,7-8H2,(H,22,25)(H,23,24). The molecule has 0 aliphatic carbocycles. The predicted molar refractivity (Wildman–Crippen MR) is 109 cm³/mol. The van der Waals surface area contributed by atoms with E-state index in [2.05, 4.69) is 10.6 Å². The van der Waals surface area contributed by atoms with Gasteiger partial charge in [-0.05, 0) is 23.6 Å². The number of thiophene rings is 1. The Morgan fingerprint density at radius 2 is 1.61 bits per heavy atom. The predicted octanol–water partition coefficient (Wildman–Crippen LogP) is 4.68. The molecule has 6 nitrogen and oxygen atoms in total. The zero-order valence-electron chi connectivity index (χ0n) is 14.5. The highest BCUT2D eigenvalue weighted by molar-refractivity contribution is 7.12. The molecule has 0 bridgehead atoms. The number of para-hydroxylation sites is 1. The zero-order valence-corrected chi connectivity index (χ0v) is 16.1. The molecule has 1 aromatic heterocycles. The number of hydrogen-bond donors (Lipinski definition) is 2. The number of ether oxygens (including phenoxy) is 2. The Morgan fingerprint density at radius 1 is 0.893 bits per heavy atom. The lowest BCUT2D eigenvalue weighted by molar-refractivity contribution is 0.102. The molecule has 0 saturated carbocycles. The number of anilines is 2. The van der Waals surface area contributed by atoms with Crippen LogP contribution >= 0.6 is 22.9 Å². The molecule has 2 heterocycles. The number of fused-ring (bicyclic) bond motifs is 1. The molecule has 0 spiro atoms. The Balaban J connectivity index is 1.57. The van der Waals surface area contributed by atoms with E-state index in [4.69, 9.17) is 21.1 Å². The second-order valence-electron chi connectivity index (χ2n) is 5.91. The minimum absolute atomic E-state index is 0.271. The third-order valence-corrected chi connectivity index (χ3v) is 5.23. The van der Waals surface area contributed by atoms with Crippen molar-refractivity contribution in [2.24, 2.45) is 0 Å². The molecule has 2 amide bonds. The van der Waals surface area contributed by atoms with E-state index in [9.17, 15) is 9.59 Å². The number of rotatable bonds is 4. The van der Waals surface area contributed by atoms with E-state index in [0.29, 0.717) is 51.6 Å². The normalized spacial score (nSPS) is 12.3. The molecule has 0 saturated heterocycles. The van der Waals surface area contributed by atoms with Crippen molar-refractivity contribution in [1.29, 1.82) is 0 Å². The number of amides is 2. The largest absolute Gasteiger partial charge is 0.486 e. The van der Waals surface area contributed by atoms with Gasteiger partial charge in [0.15, 0.2) is 11.5 Å². The summed E-state index contributed by atoms with van der Waals surface area (Å²) in [6.07, 6.45) is 0. The summed E-state index contributed by atoms with van der Waals surface area (Å²) in [6, 6.07) is 13.5. The summed E-state index contributed by atoms with van der Waals surface area (Å²) in [5.41, 5.74) is 1.13. The van der Waals surface area contributed by atoms with Crippen LogP contribution in [0.1, 0.15) is 20.0 Å². The van der Waals surface area contributed by atoms with E-state index in [-0.39, 0.29) is 5.91 Å². The van der Waals surface area contributed by atoms with Gasteiger partial charge in [-0.2, -0.15) is 0 Å². The first-order valence-corrected chi connectivity index (χ1v) is 9.72. The van der Waals surface area contributed by atoms with Gasteiger partial charge in [0.25, 0.3) is 11.8 Å². The van der Waals surface area contributed by atoms with E-state index in [1.165, 1.54) is 11.3 Å². The molecule has 1 aliphatic heterocycles. The zero-order chi connectivity index (χ0) is 19.5. The number of nitrogens with one attached hydrogen (secondary N) is 2. The van der Waals surface area contributed by atoms with Crippen LogP contribution in [0.25, 0.3) is 0 Å². The van der Waals surface area contributed by atoms with Gasteiger partial charge in [0, 0.05) is 12.1 Å². The first-order valence-electron chi connectivity index (χ1n) is 8.46. The van der Waals surface area contributed by atoms with Gasteiger partial charge in [0.2, 0.25) is 0 Å². The van der Waals surface area contributed by atoms with Crippen LogP contribution < -0.4 is 20.1 Å². The summed E-state index contributed by atoms with van der Waals surface area (Å²) in [6.45, 7) is 0.881. The monoisotopic (exact) mass is 414 g/mol. The number of carbonyl (C=O) groups excluding carboxylic acids is 2. The molecule has 0 fully saturated rings. The second kappa shape index (κ2) is 7.92. The topological polar surface area (TPSA) is 76.7 Å². The van der Waals surface area contributed by atoms with Crippen molar-refractivity contribution in [3.8, 4) is 11.5 Å². The Bertz CT molecular complexity index is 1040. The molecule has 142 valence electrons. The highest BCUT2D eigenvalue weighted by Crippen LogP contribution is 2.38. The van der Waals surface area contributed by atoms with Crippen molar-refractivity contribution in [3.63, 3.8) is 0 Å². The molecular weight excluding hydrogens is 400 g/mol. The van der Waals surface area contributed by atoms with Crippen LogP contribution in [0.4, 0.5) is 11.4 Å². The summed E-state index contributed by atoms with van der Waals surface area (Å²) in [4.78, 5) is 25.7. The van der Waals surface area contributed by atoms with Gasteiger partial charge in [0.05, 0.1) is 26.8 Å². The first kappa shape index (κ1) is 18.3. The quantitative estimate of drug-likeness (QED) is 0.650. The Labute approximate surface area is 170 Å². The molecule has 4 rings (SSSR count). The van der Waals surface area contributed by atoms with Crippen molar-refractivity contribution in [3.05, 3.63) is 69.4 Å². The summed E-state index contributed by atoms with van der Waals surface area (Å²) in [5.74, 6) is 0.386. The average Bonchev–Trinajstić information content (AvgIpc) is 3.24. The minimum Gasteiger partial charge on any atom is -0.486 e. The van der Waals surface area contributed by atoms with Crippen molar-refractivity contribution in [2.75, 3.05) is 23.8 Å². The van der Waals surface area contributed by atoms with Gasteiger partial charge < -0.3 is 20.1 Å². The lowest BCUT2D eigenvalue weighted by Gasteiger charge is -2.20. The Morgan fingerprint density at radius 3 is 2.36 bits per heavy atom. The van der Waals surface area contributed by atoms with Crippen molar-refractivity contribution in [1.82, 2.24) is 0 Å². The van der Waals surface area contributed by atoms with E-state index < -0.39 is 5.91 Å². The van der Waals surface area contributed by atoms with Crippen molar-refractivity contribution in [2.45, 2.75) is 0 Å². The van der Waals surface area contributed by atoms with Gasteiger partial charge in [-0.1, -0.05) is 29.8 Å². The fourth-order valence-corrected chi connectivity index (χ4v) is 3.55. The maximum absolute atomic E-state index is 12.8. The highest BCUT2D eigenvalue weighted by atomic mass is 35.5. The molecule has 8 heteroatoms. The van der Waals surface area contributed by atoms with E-state index in [0.717, 1.165) is 0 Å². The van der Waals surface area contributed by atoms with Crippen LogP contribution in [0.3, 0.4) is 0 Å². The van der Waals surface area contributed by atoms with Crippen LogP contribution in [0.15, 0.2) is 53.9 Å². The smallest absolute Gasteiger partial charge is 0.265 e. The van der Waals surface area contributed by atoms with E-state index >= 15 is 0 Å². The number of carbonyl (C=O) groups is 2. The molecule has 0 radical (unpaired) electrons. The van der Waals surface area contributed by atoms with Gasteiger partial charge in [-0.3, -0.25) is 9.59 Å². The van der Waals surface area contributed by atoms with Crippen molar-refractivity contribution >= 4 is 46.1 Å². The molecule has 2 N–H and O–H groups in total. The fourth-order valence-electron chi connectivity index (χ4n) is 2.73. The fraction of sp³-hybridized carbons (Fsp3) is 0.100. The van der Waals surface area contributed by atoms with Crippen LogP contribution in [0, 0.1) is 0 Å². The maximum atomic E-state index is 12.8. The van der Waals surface area contributed by atoms with E-state index in [1.54, 1.807) is 48.5 Å². The van der Waals surface area contributed by atoms with Crippen molar-refractivity contribution < 1.29 is 19.1 Å². The number of halogens is 1. The SMILES string of the molecule is O=C(Nc1ccccc1C(=O)Nc1cc2c(cc1Cl)OCCO2)c1cccs1.